The number of sulfonamides is 1. The number of thiophene rings is 1. The highest BCUT2D eigenvalue weighted by Gasteiger charge is 2.30. The van der Waals surface area contributed by atoms with Crippen LogP contribution in [-0.4, -0.2) is 62.3 Å². The monoisotopic (exact) mass is 373 g/mol. The van der Waals surface area contributed by atoms with Gasteiger partial charge in [0.05, 0.1) is 6.54 Å². The van der Waals surface area contributed by atoms with E-state index in [9.17, 15) is 13.2 Å². The van der Waals surface area contributed by atoms with Gasteiger partial charge in [0, 0.05) is 37.1 Å². The van der Waals surface area contributed by atoms with Gasteiger partial charge in [-0.1, -0.05) is 13.8 Å². The average Bonchev–Trinajstić information content (AvgIpc) is 2.95. The number of aryl methyl sites for hydroxylation is 1. The van der Waals surface area contributed by atoms with E-state index in [4.69, 9.17) is 0 Å². The lowest BCUT2D eigenvalue weighted by molar-refractivity contribution is -0.123. The minimum absolute atomic E-state index is 0.00129. The van der Waals surface area contributed by atoms with E-state index in [2.05, 4.69) is 19.2 Å². The Kier molecular flexibility index (Phi) is 6.41. The van der Waals surface area contributed by atoms with Crippen molar-refractivity contribution in [1.29, 1.82) is 0 Å². The topological polar surface area (TPSA) is 69.7 Å². The maximum absolute atomic E-state index is 12.6. The Labute approximate surface area is 148 Å². The number of rotatable bonds is 6. The zero-order valence-corrected chi connectivity index (χ0v) is 16.4. The van der Waals surface area contributed by atoms with Crippen LogP contribution in [0.15, 0.2) is 16.3 Å². The molecule has 0 radical (unpaired) electrons. The number of hydrogen-bond acceptors (Lipinski definition) is 5. The molecule has 0 saturated carbocycles. The maximum atomic E-state index is 12.6. The number of nitrogens with zero attached hydrogens (tertiary/aromatic N) is 2. The van der Waals surface area contributed by atoms with Gasteiger partial charge in [-0.2, -0.15) is 4.31 Å². The van der Waals surface area contributed by atoms with Crippen LogP contribution in [0.2, 0.25) is 0 Å². The molecule has 0 spiro atoms. The van der Waals surface area contributed by atoms with Crippen molar-refractivity contribution in [3.8, 4) is 0 Å². The molecule has 0 aromatic carbocycles. The molecule has 1 amide bonds. The Hall–Kier alpha value is -0.960. The van der Waals surface area contributed by atoms with E-state index in [0.717, 1.165) is 4.88 Å². The van der Waals surface area contributed by atoms with E-state index in [1.807, 2.05) is 24.8 Å². The summed E-state index contributed by atoms with van der Waals surface area (Å²) in [5, 5.41) is 2.99. The first-order valence-corrected chi connectivity index (χ1v) is 10.5. The molecule has 24 heavy (non-hydrogen) atoms. The number of amides is 1. The minimum atomic E-state index is -3.40. The first-order chi connectivity index (χ1) is 11.2. The van der Waals surface area contributed by atoms with Gasteiger partial charge in [-0.15, -0.1) is 11.3 Å². The van der Waals surface area contributed by atoms with E-state index in [0.29, 0.717) is 42.9 Å². The fourth-order valence-corrected chi connectivity index (χ4v) is 5.34. The lowest BCUT2D eigenvalue weighted by atomic mass is 10.1. The molecule has 1 N–H and O–H groups in total. The zero-order chi connectivity index (χ0) is 17.9. The molecule has 6 nitrogen and oxygen atoms in total. The smallest absolute Gasteiger partial charge is 0.252 e. The number of hydrogen-bond donors (Lipinski definition) is 1. The zero-order valence-electron chi connectivity index (χ0n) is 14.8. The Bertz CT molecular complexity index is 662. The predicted octanol–water partition coefficient (Wildman–Crippen LogP) is 1.52. The third-order valence-electron chi connectivity index (χ3n) is 4.40. The predicted molar refractivity (Wildman–Crippen MR) is 96.7 cm³/mol. The van der Waals surface area contributed by atoms with Crippen molar-refractivity contribution < 1.29 is 13.2 Å². The average molecular weight is 374 g/mol. The summed E-state index contributed by atoms with van der Waals surface area (Å²) in [7, 11) is -3.40. The van der Waals surface area contributed by atoms with Crippen LogP contribution in [0.1, 0.15) is 25.6 Å². The van der Waals surface area contributed by atoms with Gasteiger partial charge in [0.15, 0.2) is 0 Å². The van der Waals surface area contributed by atoms with Crippen molar-refractivity contribution in [2.45, 2.75) is 37.9 Å². The molecule has 136 valence electrons. The highest BCUT2D eigenvalue weighted by molar-refractivity contribution is 7.91. The molecule has 0 aliphatic carbocycles. The molecule has 1 saturated heterocycles. The summed E-state index contributed by atoms with van der Waals surface area (Å²) in [5.74, 6) is 0.395. The number of carbonyl (C=O) groups excluding carboxylic acids is 1. The number of carbonyl (C=O) groups is 1. The van der Waals surface area contributed by atoms with Gasteiger partial charge >= 0.3 is 0 Å². The van der Waals surface area contributed by atoms with E-state index >= 15 is 0 Å². The van der Waals surface area contributed by atoms with Crippen LogP contribution in [0, 0.1) is 12.8 Å². The number of nitrogens with one attached hydrogen (secondary N) is 1. The summed E-state index contributed by atoms with van der Waals surface area (Å²) in [6.07, 6.45) is 0. The van der Waals surface area contributed by atoms with E-state index in [1.165, 1.54) is 15.6 Å². The normalized spacial score (nSPS) is 18.7. The van der Waals surface area contributed by atoms with Crippen molar-refractivity contribution in [3.05, 3.63) is 17.0 Å². The van der Waals surface area contributed by atoms with Crippen molar-refractivity contribution in [2.75, 3.05) is 32.7 Å². The van der Waals surface area contributed by atoms with Crippen LogP contribution in [0.5, 0.6) is 0 Å². The van der Waals surface area contributed by atoms with Crippen molar-refractivity contribution in [1.82, 2.24) is 14.5 Å². The SMILES string of the molecule is Cc1ccc(S(=O)(=O)N2CCN(CC(=O)N[C@@H](C)C(C)C)CC2)s1. The van der Waals surface area contributed by atoms with Gasteiger partial charge in [0.1, 0.15) is 4.21 Å². The molecular formula is C16H27N3O3S2. The minimum Gasteiger partial charge on any atom is -0.352 e. The fourth-order valence-electron chi connectivity index (χ4n) is 2.48. The van der Waals surface area contributed by atoms with Gasteiger partial charge in [-0.3, -0.25) is 9.69 Å². The molecule has 1 atom stereocenters. The Morgan fingerprint density at radius 3 is 2.33 bits per heavy atom. The van der Waals surface area contributed by atoms with Gasteiger partial charge in [-0.25, -0.2) is 8.42 Å². The fraction of sp³-hybridized carbons (Fsp3) is 0.688. The van der Waals surface area contributed by atoms with Crippen LogP contribution >= 0.6 is 11.3 Å². The summed E-state index contributed by atoms with van der Waals surface area (Å²) in [6.45, 7) is 10.4. The summed E-state index contributed by atoms with van der Waals surface area (Å²) >= 11 is 1.30. The van der Waals surface area contributed by atoms with Crippen LogP contribution in [-0.2, 0) is 14.8 Å². The van der Waals surface area contributed by atoms with Gasteiger partial charge in [0.2, 0.25) is 5.91 Å². The maximum Gasteiger partial charge on any atom is 0.252 e. The summed E-state index contributed by atoms with van der Waals surface area (Å²) in [6, 6.07) is 3.64. The second kappa shape index (κ2) is 7.95. The van der Waals surface area contributed by atoms with Crippen molar-refractivity contribution in [3.63, 3.8) is 0 Å². The highest BCUT2D eigenvalue weighted by Crippen LogP contribution is 2.25. The van der Waals surface area contributed by atoms with Gasteiger partial charge in [-0.05, 0) is 31.9 Å². The van der Waals surface area contributed by atoms with E-state index in [-0.39, 0.29) is 11.9 Å². The molecule has 2 heterocycles. The lowest BCUT2D eigenvalue weighted by Gasteiger charge is -2.33. The van der Waals surface area contributed by atoms with Crippen LogP contribution in [0.4, 0.5) is 0 Å². The Balaban J connectivity index is 1.86. The highest BCUT2D eigenvalue weighted by atomic mass is 32.2. The third kappa shape index (κ3) is 4.78. The van der Waals surface area contributed by atoms with Gasteiger partial charge < -0.3 is 5.32 Å². The third-order valence-corrected chi connectivity index (χ3v) is 7.76. The second-order valence-corrected chi connectivity index (χ2v) is 10.1. The summed E-state index contributed by atoms with van der Waals surface area (Å²) in [5.41, 5.74) is 0. The lowest BCUT2D eigenvalue weighted by Crippen LogP contribution is -2.51. The summed E-state index contributed by atoms with van der Waals surface area (Å²) in [4.78, 5) is 15.0. The summed E-state index contributed by atoms with van der Waals surface area (Å²) < 4.78 is 27.1. The molecule has 1 fully saturated rings. The Morgan fingerprint density at radius 2 is 1.83 bits per heavy atom. The van der Waals surface area contributed by atoms with E-state index in [1.54, 1.807) is 6.07 Å². The first-order valence-electron chi connectivity index (χ1n) is 8.28. The van der Waals surface area contributed by atoms with Crippen LogP contribution in [0.25, 0.3) is 0 Å². The van der Waals surface area contributed by atoms with Crippen molar-refractivity contribution >= 4 is 27.3 Å². The molecule has 2 rings (SSSR count). The Morgan fingerprint density at radius 1 is 1.21 bits per heavy atom. The molecule has 1 aromatic rings. The van der Waals surface area contributed by atoms with Crippen molar-refractivity contribution in [2.24, 2.45) is 5.92 Å². The standard InChI is InChI=1S/C16H27N3O3S2/c1-12(2)14(4)17-15(20)11-18-7-9-19(10-8-18)24(21,22)16-6-5-13(3)23-16/h5-6,12,14H,7-11H2,1-4H3,(H,17,20)/t14-/m0/s1. The largest absolute Gasteiger partial charge is 0.352 e. The molecule has 1 aromatic heterocycles. The van der Waals surface area contributed by atoms with Crippen LogP contribution in [0.3, 0.4) is 0 Å². The molecule has 1 aliphatic rings. The van der Waals surface area contributed by atoms with Crippen LogP contribution < -0.4 is 5.32 Å². The molecule has 0 unspecified atom stereocenters. The second-order valence-electron chi connectivity index (χ2n) is 6.65. The number of piperazine rings is 1. The quantitative estimate of drug-likeness (QED) is 0.821. The van der Waals surface area contributed by atoms with Gasteiger partial charge in [0.25, 0.3) is 10.0 Å². The molecule has 8 heteroatoms. The first kappa shape index (κ1) is 19.4. The molecule has 0 bridgehead atoms. The van der Waals surface area contributed by atoms with E-state index < -0.39 is 10.0 Å². The molecule has 1 aliphatic heterocycles. The molecular weight excluding hydrogens is 346 g/mol.